The van der Waals surface area contributed by atoms with E-state index in [-0.39, 0.29) is 0 Å². The topological polar surface area (TPSA) is 6.48 Å². The Kier molecular flexibility index (Phi) is 6.44. The van der Waals surface area contributed by atoms with Crippen molar-refractivity contribution >= 4 is 16.8 Å². The Morgan fingerprint density at radius 3 is 2.43 bits per heavy atom. The van der Waals surface area contributed by atoms with Crippen molar-refractivity contribution < 1.29 is 0 Å². The molecule has 0 amide bonds. The molecule has 2 heterocycles. The van der Waals surface area contributed by atoms with Crippen molar-refractivity contribution in [2.45, 2.75) is 62.2 Å². The molecule has 7 aliphatic rings. The van der Waals surface area contributed by atoms with E-state index in [4.69, 9.17) is 0 Å². The van der Waals surface area contributed by atoms with Gasteiger partial charge in [0.2, 0.25) is 0 Å². The molecule has 0 bridgehead atoms. The maximum Gasteiger partial charge on any atom is 0.0629 e. The molecule has 218 valence electrons. The lowest BCUT2D eigenvalue weighted by molar-refractivity contribution is 0.152. The Balaban J connectivity index is 1.07. The Labute approximate surface area is 262 Å². The molecule has 0 aromatic heterocycles. The Morgan fingerprint density at radius 1 is 0.705 bits per heavy atom. The summed E-state index contributed by atoms with van der Waals surface area (Å²) in [6.45, 7) is 0. The van der Waals surface area contributed by atoms with E-state index < -0.39 is 0 Å². The van der Waals surface area contributed by atoms with Crippen LogP contribution in [-0.2, 0) is 0 Å². The van der Waals surface area contributed by atoms with E-state index in [0.717, 1.165) is 12.8 Å². The van der Waals surface area contributed by atoms with Gasteiger partial charge in [-0.15, -0.1) is 0 Å². The third-order valence-electron chi connectivity index (χ3n) is 11.1. The number of anilines is 1. The molecule has 5 aliphatic carbocycles. The predicted molar refractivity (Wildman–Crippen MR) is 184 cm³/mol. The highest BCUT2D eigenvalue weighted by Gasteiger charge is 2.48. The third kappa shape index (κ3) is 4.26. The number of hydrogen-bond acceptors (Lipinski definition) is 2. The van der Waals surface area contributed by atoms with Crippen molar-refractivity contribution in [2.75, 3.05) is 4.90 Å². The van der Waals surface area contributed by atoms with Crippen LogP contribution in [0, 0.1) is 11.8 Å². The minimum Gasteiger partial charge on any atom is -0.334 e. The zero-order valence-electron chi connectivity index (χ0n) is 25.3. The molecule has 0 saturated carbocycles. The largest absolute Gasteiger partial charge is 0.334 e. The summed E-state index contributed by atoms with van der Waals surface area (Å²) in [5, 5.41) is 0. The molecule has 2 aliphatic heterocycles. The summed E-state index contributed by atoms with van der Waals surface area (Å²) in [4.78, 5) is 5.47. The lowest BCUT2D eigenvalue weighted by atomic mass is 9.80. The fraction of sp³-hybridized carbons (Fsp3) is 0.286. The smallest absolute Gasteiger partial charge is 0.0629 e. The summed E-state index contributed by atoms with van der Waals surface area (Å²) in [7, 11) is 0. The molecule has 2 nitrogen and oxygen atoms in total. The molecule has 7 unspecified atom stereocenters. The summed E-state index contributed by atoms with van der Waals surface area (Å²) >= 11 is 0. The number of benzene rings is 2. The van der Waals surface area contributed by atoms with E-state index in [0.29, 0.717) is 41.9 Å². The van der Waals surface area contributed by atoms with Gasteiger partial charge in [0.1, 0.15) is 0 Å². The van der Waals surface area contributed by atoms with E-state index >= 15 is 0 Å². The molecular formula is C42H40N2. The van der Waals surface area contributed by atoms with Gasteiger partial charge in [0.25, 0.3) is 0 Å². The molecule has 0 spiro atoms. The third-order valence-corrected chi connectivity index (χ3v) is 11.1. The van der Waals surface area contributed by atoms with E-state index in [1.165, 1.54) is 58.5 Å². The van der Waals surface area contributed by atoms with Crippen LogP contribution in [0.25, 0.3) is 11.1 Å². The van der Waals surface area contributed by atoms with Crippen LogP contribution in [0.15, 0.2) is 145 Å². The first-order valence-corrected chi connectivity index (χ1v) is 16.8. The molecule has 0 N–H and O–H groups in total. The van der Waals surface area contributed by atoms with Crippen LogP contribution in [0.4, 0.5) is 5.69 Å². The van der Waals surface area contributed by atoms with E-state index in [1.54, 1.807) is 0 Å². The van der Waals surface area contributed by atoms with E-state index in [2.05, 4.69) is 149 Å². The summed E-state index contributed by atoms with van der Waals surface area (Å²) in [6, 6.07) is 20.1. The summed E-state index contributed by atoms with van der Waals surface area (Å²) in [5.41, 5.74) is 9.65. The molecule has 7 atom stereocenters. The summed E-state index contributed by atoms with van der Waals surface area (Å²) in [5.74, 6) is 1.47. The molecule has 44 heavy (non-hydrogen) atoms. The lowest BCUT2D eigenvalue weighted by Gasteiger charge is -2.38. The maximum atomic E-state index is 2.87. The highest BCUT2D eigenvalue weighted by molar-refractivity contribution is 5.81. The van der Waals surface area contributed by atoms with Crippen molar-refractivity contribution in [2.24, 2.45) is 11.8 Å². The van der Waals surface area contributed by atoms with Crippen LogP contribution < -0.4 is 4.90 Å². The van der Waals surface area contributed by atoms with E-state index in [9.17, 15) is 0 Å². The molecule has 2 aromatic rings. The van der Waals surface area contributed by atoms with Gasteiger partial charge in [-0.2, -0.15) is 0 Å². The van der Waals surface area contributed by atoms with Crippen LogP contribution in [0.5, 0.6) is 0 Å². The standard InChI is InChI=1S/C42H40N2/c1-3-12-29(13-4-1)30-14-11-17-34(26-30)44-40-21-10-8-19-36(40)38-27-31(23-25-41(38)44)32-22-24-37-35-18-7-9-20-39(35)43(42(37)28-32)33-15-5-2-6-16-33/h1-5,7-10,12-13,17-28,33,35-37,39-40,42H,6,11,14-16H2. The number of hydrogen-bond donors (Lipinski definition) is 0. The summed E-state index contributed by atoms with van der Waals surface area (Å²) < 4.78 is 0. The normalized spacial score (nSPS) is 33.0. The van der Waals surface area contributed by atoms with Gasteiger partial charge >= 0.3 is 0 Å². The average molecular weight is 573 g/mol. The molecule has 9 rings (SSSR count). The molecule has 1 fully saturated rings. The van der Waals surface area contributed by atoms with Gasteiger partial charge < -0.3 is 4.90 Å². The SMILES string of the molecule is C1=CC2c3cc(C4=CC5C(C=C4)C4C=CC=CC4N5C4CC=CCC4)ccc3N(C3=CCCC(c4ccccc4)=C3)C2C=C1. The van der Waals surface area contributed by atoms with Crippen molar-refractivity contribution in [1.29, 1.82) is 0 Å². The van der Waals surface area contributed by atoms with E-state index in [1.807, 2.05) is 0 Å². The monoisotopic (exact) mass is 572 g/mol. The van der Waals surface area contributed by atoms with Gasteiger partial charge in [0, 0.05) is 47.3 Å². The van der Waals surface area contributed by atoms with Crippen LogP contribution in [0.1, 0.15) is 54.7 Å². The lowest BCUT2D eigenvalue weighted by Crippen LogP contribution is -2.45. The van der Waals surface area contributed by atoms with Crippen LogP contribution >= 0.6 is 0 Å². The van der Waals surface area contributed by atoms with Crippen molar-refractivity contribution in [3.63, 3.8) is 0 Å². The second kappa shape index (κ2) is 10.8. The number of likely N-dealkylation sites (tertiary alicyclic amines) is 1. The first-order valence-electron chi connectivity index (χ1n) is 16.8. The molecule has 2 heteroatoms. The van der Waals surface area contributed by atoms with Crippen molar-refractivity contribution in [3.8, 4) is 0 Å². The maximum absolute atomic E-state index is 2.87. The molecule has 2 aromatic carbocycles. The fourth-order valence-electron chi connectivity index (χ4n) is 9.07. The van der Waals surface area contributed by atoms with Gasteiger partial charge in [0.05, 0.1) is 6.04 Å². The Bertz CT molecular complexity index is 1740. The Hall–Kier alpha value is -4.14. The number of allylic oxidation sites excluding steroid dienone is 10. The number of nitrogens with zero attached hydrogens (tertiary/aromatic N) is 2. The zero-order valence-corrected chi connectivity index (χ0v) is 25.3. The minimum absolute atomic E-state index is 0.314. The van der Waals surface area contributed by atoms with Crippen molar-refractivity contribution in [1.82, 2.24) is 4.90 Å². The summed E-state index contributed by atoms with van der Waals surface area (Å²) in [6.07, 6.45) is 41.8. The first kappa shape index (κ1) is 26.3. The van der Waals surface area contributed by atoms with Crippen LogP contribution in [-0.4, -0.2) is 29.1 Å². The quantitative estimate of drug-likeness (QED) is 0.337. The van der Waals surface area contributed by atoms with Crippen LogP contribution in [0.2, 0.25) is 0 Å². The average Bonchev–Trinajstić information content (AvgIpc) is 3.61. The molecule has 0 radical (unpaired) electrons. The fourth-order valence-corrected chi connectivity index (χ4v) is 9.07. The zero-order chi connectivity index (χ0) is 29.0. The Morgan fingerprint density at radius 2 is 1.55 bits per heavy atom. The van der Waals surface area contributed by atoms with Gasteiger partial charge in [-0.05, 0) is 78.1 Å². The second-order valence-electron chi connectivity index (χ2n) is 13.4. The van der Waals surface area contributed by atoms with Gasteiger partial charge in [-0.1, -0.05) is 121 Å². The number of fused-ring (bicyclic) bond motifs is 6. The molecular weight excluding hydrogens is 532 g/mol. The number of rotatable bonds is 4. The minimum atomic E-state index is 0.314. The highest BCUT2D eigenvalue weighted by Crippen LogP contribution is 2.50. The van der Waals surface area contributed by atoms with Gasteiger partial charge in [-0.25, -0.2) is 0 Å². The van der Waals surface area contributed by atoms with Crippen molar-refractivity contribution in [3.05, 3.63) is 162 Å². The molecule has 1 saturated heterocycles. The first-order chi connectivity index (χ1) is 21.8. The van der Waals surface area contributed by atoms with Gasteiger partial charge in [0.15, 0.2) is 0 Å². The van der Waals surface area contributed by atoms with Gasteiger partial charge in [-0.3, -0.25) is 4.90 Å². The second-order valence-corrected chi connectivity index (χ2v) is 13.4. The van der Waals surface area contributed by atoms with Crippen LogP contribution in [0.3, 0.4) is 0 Å². The highest BCUT2D eigenvalue weighted by atomic mass is 15.3. The predicted octanol–water partition coefficient (Wildman–Crippen LogP) is 9.32.